The van der Waals surface area contributed by atoms with Crippen LogP contribution in [0.1, 0.15) is 10.4 Å². The summed E-state index contributed by atoms with van der Waals surface area (Å²) in [5, 5.41) is 3.89. The van der Waals surface area contributed by atoms with E-state index >= 15 is 0 Å². The van der Waals surface area contributed by atoms with E-state index in [2.05, 4.69) is 10.5 Å². The number of Topliss-reactive ketones (excluding diaryl/α,β-unsaturated/α-hetero) is 1. The zero-order chi connectivity index (χ0) is 11.9. The molecule has 17 heavy (non-hydrogen) atoms. The summed E-state index contributed by atoms with van der Waals surface area (Å²) in [6.45, 7) is 0. The molecule has 0 bridgehead atoms. The van der Waals surface area contributed by atoms with Crippen molar-refractivity contribution in [3.05, 3.63) is 66.2 Å². The molecule has 0 aromatic heterocycles. The van der Waals surface area contributed by atoms with Gasteiger partial charge in [0.1, 0.15) is 0 Å². The van der Waals surface area contributed by atoms with Crippen LogP contribution in [0.3, 0.4) is 0 Å². The molecule has 0 spiro atoms. The first-order chi connectivity index (χ1) is 8.36. The molecule has 2 rings (SSSR count). The summed E-state index contributed by atoms with van der Waals surface area (Å²) in [6, 6.07) is 18.5. The molecule has 0 fully saturated rings. The van der Waals surface area contributed by atoms with Gasteiger partial charge in [0.15, 0.2) is 0 Å². The van der Waals surface area contributed by atoms with Crippen molar-refractivity contribution >= 4 is 17.7 Å². The van der Waals surface area contributed by atoms with Crippen molar-refractivity contribution in [1.82, 2.24) is 0 Å². The molecule has 2 aromatic rings. The standard InChI is InChI=1S/C14H12N2O/c17-14(12-7-3-1-4-8-12)11-15-16-13-9-5-2-6-10-13/h1-11,16H/b15-11+. The average Bonchev–Trinajstić information content (AvgIpc) is 2.41. The average molecular weight is 224 g/mol. The molecule has 0 saturated heterocycles. The molecule has 2 aromatic carbocycles. The maximum absolute atomic E-state index is 11.6. The number of nitrogens with zero attached hydrogens (tertiary/aromatic N) is 1. The lowest BCUT2D eigenvalue weighted by molar-refractivity contribution is 0.107. The Morgan fingerprint density at radius 2 is 1.53 bits per heavy atom. The first kappa shape index (κ1) is 11.1. The number of para-hydroxylation sites is 1. The minimum atomic E-state index is -0.117. The Balaban J connectivity index is 1.96. The van der Waals surface area contributed by atoms with Gasteiger partial charge in [-0.3, -0.25) is 10.2 Å². The van der Waals surface area contributed by atoms with Crippen LogP contribution in [0.4, 0.5) is 5.69 Å². The van der Waals surface area contributed by atoms with Crippen LogP contribution in [0, 0.1) is 0 Å². The molecular weight excluding hydrogens is 212 g/mol. The summed E-state index contributed by atoms with van der Waals surface area (Å²) in [7, 11) is 0. The molecule has 3 heteroatoms. The van der Waals surface area contributed by atoms with Crippen LogP contribution in [0.5, 0.6) is 0 Å². The Morgan fingerprint density at radius 1 is 0.941 bits per heavy atom. The maximum atomic E-state index is 11.6. The minimum Gasteiger partial charge on any atom is -0.287 e. The highest BCUT2D eigenvalue weighted by Crippen LogP contribution is 2.04. The fourth-order valence-electron chi connectivity index (χ4n) is 1.36. The van der Waals surface area contributed by atoms with Gasteiger partial charge in [0.25, 0.3) is 0 Å². The molecule has 0 atom stereocenters. The van der Waals surface area contributed by atoms with E-state index in [4.69, 9.17) is 0 Å². The number of anilines is 1. The number of benzene rings is 2. The predicted molar refractivity (Wildman–Crippen MR) is 69.3 cm³/mol. The van der Waals surface area contributed by atoms with E-state index < -0.39 is 0 Å². The van der Waals surface area contributed by atoms with Crippen molar-refractivity contribution in [1.29, 1.82) is 0 Å². The third kappa shape index (κ3) is 3.28. The lowest BCUT2D eigenvalue weighted by Crippen LogP contribution is -2.01. The highest BCUT2D eigenvalue weighted by molar-refractivity contribution is 6.35. The van der Waals surface area contributed by atoms with Gasteiger partial charge in [-0.15, -0.1) is 0 Å². The zero-order valence-electron chi connectivity index (χ0n) is 9.21. The summed E-state index contributed by atoms with van der Waals surface area (Å²) < 4.78 is 0. The molecular formula is C14H12N2O. The van der Waals surface area contributed by atoms with Crippen LogP contribution in [-0.2, 0) is 0 Å². The SMILES string of the molecule is O=C(/C=N/Nc1ccccc1)c1ccccc1. The number of nitrogens with one attached hydrogen (secondary N) is 1. The van der Waals surface area contributed by atoms with E-state index in [0.29, 0.717) is 5.56 Å². The Labute approximate surface area is 99.8 Å². The molecule has 84 valence electrons. The molecule has 0 saturated carbocycles. The topological polar surface area (TPSA) is 41.5 Å². The number of rotatable bonds is 4. The number of hydrazone groups is 1. The summed E-state index contributed by atoms with van der Waals surface area (Å²) in [4.78, 5) is 11.6. The number of ketones is 1. The Hall–Kier alpha value is -2.42. The number of carbonyl (C=O) groups is 1. The van der Waals surface area contributed by atoms with Gasteiger partial charge >= 0.3 is 0 Å². The van der Waals surface area contributed by atoms with Crippen molar-refractivity contribution < 1.29 is 4.79 Å². The monoisotopic (exact) mass is 224 g/mol. The molecule has 0 unspecified atom stereocenters. The first-order valence-electron chi connectivity index (χ1n) is 5.30. The second-order valence-electron chi connectivity index (χ2n) is 3.47. The van der Waals surface area contributed by atoms with E-state index in [9.17, 15) is 4.79 Å². The Bertz CT molecular complexity index is 506. The third-order valence-corrected chi connectivity index (χ3v) is 2.21. The van der Waals surface area contributed by atoms with Crippen LogP contribution in [0.25, 0.3) is 0 Å². The van der Waals surface area contributed by atoms with Crippen molar-refractivity contribution in [2.45, 2.75) is 0 Å². The van der Waals surface area contributed by atoms with E-state index in [-0.39, 0.29) is 5.78 Å². The molecule has 0 aliphatic heterocycles. The predicted octanol–water partition coefficient (Wildman–Crippen LogP) is 2.97. The third-order valence-electron chi connectivity index (χ3n) is 2.21. The summed E-state index contributed by atoms with van der Waals surface area (Å²) in [6.07, 6.45) is 1.28. The van der Waals surface area contributed by atoms with Crippen molar-refractivity contribution in [2.24, 2.45) is 5.10 Å². The van der Waals surface area contributed by atoms with Crippen molar-refractivity contribution in [3.63, 3.8) is 0 Å². The molecule has 1 N–H and O–H groups in total. The lowest BCUT2D eigenvalue weighted by atomic mass is 10.1. The quantitative estimate of drug-likeness (QED) is 0.493. The minimum absolute atomic E-state index is 0.117. The van der Waals surface area contributed by atoms with Gasteiger partial charge in [0.2, 0.25) is 5.78 Å². The number of carbonyl (C=O) groups excluding carboxylic acids is 1. The molecule has 0 heterocycles. The highest BCUT2D eigenvalue weighted by atomic mass is 16.1. The zero-order valence-corrected chi connectivity index (χ0v) is 9.21. The molecule has 3 nitrogen and oxygen atoms in total. The van der Waals surface area contributed by atoms with Gasteiger partial charge < -0.3 is 0 Å². The largest absolute Gasteiger partial charge is 0.287 e. The van der Waals surface area contributed by atoms with Gasteiger partial charge in [-0.1, -0.05) is 48.5 Å². The van der Waals surface area contributed by atoms with Crippen molar-refractivity contribution in [2.75, 3.05) is 5.43 Å². The molecule has 0 radical (unpaired) electrons. The lowest BCUT2D eigenvalue weighted by Gasteiger charge is -1.98. The maximum Gasteiger partial charge on any atom is 0.205 e. The number of hydrogen-bond donors (Lipinski definition) is 1. The van der Waals surface area contributed by atoms with E-state index in [1.54, 1.807) is 12.1 Å². The highest BCUT2D eigenvalue weighted by Gasteiger charge is 1.99. The fraction of sp³-hybridized carbons (Fsp3) is 0. The van der Waals surface area contributed by atoms with Crippen LogP contribution in [0.2, 0.25) is 0 Å². The second kappa shape index (κ2) is 5.61. The van der Waals surface area contributed by atoms with E-state index in [1.807, 2.05) is 48.5 Å². The van der Waals surface area contributed by atoms with Crippen LogP contribution < -0.4 is 5.43 Å². The van der Waals surface area contributed by atoms with E-state index in [0.717, 1.165) is 5.69 Å². The van der Waals surface area contributed by atoms with Crippen LogP contribution in [-0.4, -0.2) is 12.0 Å². The Morgan fingerprint density at radius 3 is 2.18 bits per heavy atom. The van der Waals surface area contributed by atoms with Gasteiger partial charge in [-0.05, 0) is 12.1 Å². The van der Waals surface area contributed by atoms with Gasteiger partial charge in [0.05, 0.1) is 11.9 Å². The normalized spacial score (nSPS) is 10.4. The molecule has 0 amide bonds. The summed E-state index contributed by atoms with van der Waals surface area (Å²) in [5.41, 5.74) is 4.28. The van der Waals surface area contributed by atoms with Crippen LogP contribution in [0.15, 0.2) is 65.8 Å². The fourth-order valence-corrected chi connectivity index (χ4v) is 1.36. The summed E-state index contributed by atoms with van der Waals surface area (Å²) >= 11 is 0. The number of hydrogen-bond acceptors (Lipinski definition) is 3. The van der Waals surface area contributed by atoms with Gasteiger partial charge in [-0.2, -0.15) is 5.10 Å². The second-order valence-corrected chi connectivity index (χ2v) is 3.47. The van der Waals surface area contributed by atoms with E-state index in [1.165, 1.54) is 6.21 Å². The first-order valence-corrected chi connectivity index (χ1v) is 5.30. The van der Waals surface area contributed by atoms with Gasteiger partial charge in [-0.25, -0.2) is 0 Å². The molecule has 0 aliphatic rings. The van der Waals surface area contributed by atoms with Gasteiger partial charge in [0, 0.05) is 5.56 Å². The summed E-state index contributed by atoms with van der Waals surface area (Å²) in [5.74, 6) is -0.117. The Kier molecular flexibility index (Phi) is 3.65. The van der Waals surface area contributed by atoms with Crippen LogP contribution >= 0.6 is 0 Å². The smallest absolute Gasteiger partial charge is 0.205 e. The molecule has 0 aliphatic carbocycles. The van der Waals surface area contributed by atoms with Crippen molar-refractivity contribution in [3.8, 4) is 0 Å².